The van der Waals surface area contributed by atoms with Crippen molar-refractivity contribution < 1.29 is 14.0 Å². The summed E-state index contributed by atoms with van der Waals surface area (Å²) in [4.78, 5) is 25.3. The number of hydrogen-bond acceptors (Lipinski definition) is 3. The Morgan fingerprint density at radius 1 is 1.12 bits per heavy atom. The summed E-state index contributed by atoms with van der Waals surface area (Å²) in [5.74, 6) is -0.713. The first-order valence-corrected chi connectivity index (χ1v) is 7.79. The summed E-state index contributed by atoms with van der Waals surface area (Å²) in [6.07, 6.45) is 0.140. The highest BCUT2D eigenvalue weighted by molar-refractivity contribution is 5.92. The van der Waals surface area contributed by atoms with Crippen LogP contribution in [-0.4, -0.2) is 18.4 Å². The van der Waals surface area contributed by atoms with E-state index < -0.39 is 0 Å². The summed E-state index contributed by atoms with van der Waals surface area (Å²) in [7, 11) is 0. The van der Waals surface area contributed by atoms with Crippen molar-refractivity contribution in [1.82, 2.24) is 5.32 Å². The van der Waals surface area contributed by atoms with Gasteiger partial charge in [0.15, 0.2) is 0 Å². The van der Waals surface area contributed by atoms with E-state index in [4.69, 9.17) is 5.26 Å². The highest BCUT2D eigenvalue weighted by Gasteiger charge is 2.13. The van der Waals surface area contributed by atoms with Crippen molar-refractivity contribution in [3.8, 4) is 6.07 Å². The van der Waals surface area contributed by atoms with Gasteiger partial charge in [-0.3, -0.25) is 9.59 Å². The van der Waals surface area contributed by atoms with Gasteiger partial charge in [-0.2, -0.15) is 5.26 Å². The average Bonchev–Trinajstić information content (AvgIpc) is 2.61. The predicted octanol–water partition coefficient (Wildman–Crippen LogP) is 2.76. The molecule has 2 aromatic rings. The maximum Gasteiger partial charge on any atom is 0.223 e. The molecule has 0 aliphatic rings. The van der Waals surface area contributed by atoms with Crippen molar-refractivity contribution >= 4 is 17.5 Å². The van der Waals surface area contributed by atoms with E-state index in [0.717, 1.165) is 5.56 Å². The number of nitrogens with zero attached hydrogens (tertiary/aromatic N) is 2. The lowest BCUT2D eigenvalue weighted by atomic mass is 10.2. The number of hydrogen-bond donors (Lipinski definition) is 1. The first kappa shape index (κ1) is 18.1. The van der Waals surface area contributed by atoms with Crippen LogP contribution in [-0.2, 0) is 16.1 Å². The van der Waals surface area contributed by atoms with Crippen molar-refractivity contribution in [2.24, 2.45) is 0 Å². The molecule has 0 unspecified atom stereocenters. The number of amides is 2. The van der Waals surface area contributed by atoms with Gasteiger partial charge < -0.3 is 10.2 Å². The smallest absolute Gasteiger partial charge is 0.223 e. The molecule has 6 heteroatoms. The van der Waals surface area contributed by atoms with Gasteiger partial charge in [0.2, 0.25) is 11.8 Å². The van der Waals surface area contributed by atoms with Gasteiger partial charge in [0.05, 0.1) is 11.6 Å². The molecular weight excluding hydrogens is 321 g/mol. The molecule has 0 saturated carbocycles. The highest BCUT2D eigenvalue weighted by atomic mass is 19.1. The van der Waals surface area contributed by atoms with Crippen LogP contribution in [0.4, 0.5) is 10.1 Å². The molecule has 0 saturated heterocycles. The minimum absolute atomic E-state index is 0.140. The van der Waals surface area contributed by atoms with Gasteiger partial charge in [-0.1, -0.05) is 12.1 Å². The Morgan fingerprint density at radius 2 is 1.76 bits per heavy atom. The molecule has 0 bridgehead atoms. The number of benzene rings is 2. The summed E-state index contributed by atoms with van der Waals surface area (Å²) in [5.41, 5.74) is 1.94. The Labute approximate surface area is 145 Å². The molecule has 0 aliphatic heterocycles. The summed E-state index contributed by atoms with van der Waals surface area (Å²) in [6, 6.07) is 14.5. The second-order valence-corrected chi connectivity index (χ2v) is 5.48. The molecule has 25 heavy (non-hydrogen) atoms. The van der Waals surface area contributed by atoms with Crippen LogP contribution in [0.3, 0.4) is 0 Å². The van der Waals surface area contributed by atoms with Gasteiger partial charge in [0.1, 0.15) is 5.82 Å². The van der Waals surface area contributed by atoms with E-state index in [0.29, 0.717) is 17.8 Å². The molecule has 2 amide bonds. The monoisotopic (exact) mass is 339 g/mol. The van der Waals surface area contributed by atoms with E-state index in [2.05, 4.69) is 5.32 Å². The molecule has 0 radical (unpaired) electrons. The second-order valence-electron chi connectivity index (χ2n) is 5.48. The molecular formula is C19H18FN3O2. The minimum Gasteiger partial charge on any atom is -0.352 e. The van der Waals surface area contributed by atoms with Crippen LogP contribution in [0.25, 0.3) is 0 Å². The Hall–Kier alpha value is -3.20. The van der Waals surface area contributed by atoms with E-state index in [1.54, 1.807) is 36.4 Å². The van der Waals surface area contributed by atoms with E-state index >= 15 is 0 Å². The van der Waals surface area contributed by atoms with Crippen LogP contribution < -0.4 is 10.2 Å². The standard InChI is InChI=1S/C19H18FN3O2/c1-14(24)23(18-8-4-15(12-21)5-9-18)11-10-19(25)22-13-16-2-6-17(20)7-3-16/h2-9H,10-11,13H2,1H3,(H,22,25). The fraction of sp³-hybridized carbons (Fsp3) is 0.211. The Kier molecular flexibility index (Phi) is 6.24. The zero-order valence-corrected chi connectivity index (χ0v) is 13.8. The Balaban J connectivity index is 1.89. The minimum atomic E-state index is -0.324. The number of nitriles is 1. The third-order valence-corrected chi connectivity index (χ3v) is 3.65. The molecule has 0 aliphatic carbocycles. The third kappa shape index (κ3) is 5.43. The number of rotatable bonds is 6. The Bertz CT molecular complexity index is 780. The molecule has 5 nitrogen and oxygen atoms in total. The van der Waals surface area contributed by atoms with Crippen molar-refractivity contribution in [2.75, 3.05) is 11.4 Å². The van der Waals surface area contributed by atoms with E-state index in [1.165, 1.54) is 24.0 Å². The largest absolute Gasteiger partial charge is 0.352 e. The summed E-state index contributed by atoms with van der Waals surface area (Å²) in [6.45, 7) is 1.96. The molecule has 0 atom stereocenters. The zero-order chi connectivity index (χ0) is 18.2. The lowest BCUT2D eigenvalue weighted by Gasteiger charge is -2.21. The number of nitrogens with one attached hydrogen (secondary N) is 1. The number of anilines is 1. The molecule has 0 heterocycles. The van der Waals surface area contributed by atoms with Crippen molar-refractivity contribution in [1.29, 1.82) is 5.26 Å². The Morgan fingerprint density at radius 3 is 2.32 bits per heavy atom. The van der Waals surface area contributed by atoms with E-state index in [-0.39, 0.29) is 30.6 Å². The maximum atomic E-state index is 12.8. The van der Waals surface area contributed by atoms with Crippen LogP contribution >= 0.6 is 0 Å². The van der Waals surface area contributed by atoms with Crippen molar-refractivity contribution in [3.05, 3.63) is 65.5 Å². The fourth-order valence-corrected chi connectivity index (χ4v) is 2.29. The lowest BCUT2D eigenvalue weighted by molar-refractivity contribution is -0.121. The van der Waals surface area contributed by atoms with E-state index in [9.17, 15) is 14.0 Å². The van der Waals surface area contributed by atoms with Gasteiger partial charge in [-0.05, 0) is 42.0 Å². The van der Waals surface area contributed by atoms with Crippen LogP contribution in [0.5, 0.6) is 0 Å². The van der Waals surface area contributed by atoms with Gasteiger partial charge >= 0.3 is 0 Å². The fourth-order valence-electron chi connectivity index (χ4n) is 2.29. The van der Waals surface area contributed by atoms with Crippen LogP contribution in [0.2, 0.25) is 0 Å². The molecule has 0 spiro atoms. The second kappa shape index (κ2) is 8.60. The van der Waals surface area contributed by atoms with Gasteiger partial charge in [-0.25, -0.2) is 4.39 Å². The zero-order valence-electron chi connectivity index (χ0n) is 13.8. The SMILES string of the molecule is CC(=O)N(CCC(=O)NCc1ccc(F)cc1)c1ccc(C#N)cc1. The summed E-state index contributed by atoms with van der Waals surface area (Å²) < 4.78 is 12.8. The third-order valence-electron chi connectivity index (χ3n) is 3.65. The van der Waals surface area contributed by atoms with E-state index in [1.807, 2.05) is 6.07 Å². The number of carbonyl (C=O) groups is 2. The normalized spacial score (nSPS) is 9.96. The number of carbonyl (C=O) groups excluding carboxylic acids is 2. The molecule has 0 fully saturated rings. The molecule has 2 aromatic carbocycles. The first-order valence-electron chi connectivity index (χ1n) is 7.79. The maximum absolute atomic E-state index is 12.8. The molecule has 128 valence electrons. The van der Waals surface area contributed by atoms with Crippen LogP contribution in [0.15, 0.2) is 48.5 Å². The average molecular weight is 339 g/mol. The van der Waals surface area contributed by atoms with Gasteiger partial charge in [0.25, 0.3) is 0 Å². The first-order chi connectivity index (χ1) is 12.0. The molecule has 1 N–H and O–H groups in total. The topological polar surface area (TPSA) is 73.2 Å². The van der Waals surface area contributed by atoms with Gasteiger partial charge in [-0.15, -0.1) is 0 Å². The van der Waals surface area contributed by atoms with Crippen LogP contribution in [0, 0.1) is 17.1 Å². The summed E-state index contributed by atoms with van der Waals surface area (Å²) >= 11 is 0. The molecule has 0 aromatic heterocycles. The van der Waals surface area contributed by atoms with Crippen LogP contribution in [0.1, 0.15) is 24.5 Å². The van der Waals surface area contributed by atoms with Gasteiger partial charge in [0, 0.05) is 32.1 Å². The number of halogens is 1. The quantitative estimate of drug-likeness (QED) is 0.879. The summed E-state index contributed by atoms with van der Waals surface area (Å²) in [5, 5.41) is 11.6. The predicted molar refractivity (Wildman–Crippen MR) is 92.0 cm³/mol. The molecule has 2 rings (SSSR count). The van der Waals surface area contributed by atoms with Crippen molar-refractivity contribution in [2.45, 2.75) is 19.9 Å². The lowest BCUT2D eigenvalue weighted by Crippen LogP contribution is -2.33. The highest BCUT2D eigenvalue weighted by Crippen LogP contribution is 2.15. The van der Waals surface area contributed by atoms with Crippen molar-refractivity contribution in [3.63, 3.8) is 0 Å².